The van der Waals surface area contributed by atoms with Crippen LogP contribution in [0.25, 0.3) is 0 Å². The Kier molecular flexibility index (Phi) is 5.44. The summed E-state index contributed by atoms with van der Waals surface area (Å²) in [5, 5.41) is 16.8. The van der Waals surface area contributed by atoms with E-state index in [-0.39, 0.29) is 11.9 Å². The number of amides is 1. The van der Waals surface area contributed by atoms with Crippen LogP contribution in [0.4, 0.5) is 0 Å². The largest absolute Gasteiger partial charge is 0.388 e. The second-order valence-electron chi connectivity index (χ2n) is 6.93. The van der Waals surface area contributed by atoms with Gasteiger partial charge in [0.2, 0.25) is 5.91 Å². The van der Waals surface area contributed by atoms with E-state index in [0.29, 0.717) is 18.4 Å². The van der Waals surface area contributed by atoms with E-state index in [1.165, 1.54) is 6.42 Å². The third-order valence-electron chi connectivity index (χ3n) is 5.20. The Balaban J connectivity index is 1.77. The van der Waals surface area contributed by atoms with Crippen molar-refractivity contribution in [1.82, 2.24) is 10.6 Å². The van der Waals surface area contributed by atoms with Gasteiger partial charge < -0.3 is 15.7 Å². The van der Waals surface area contributed by atoms with E-state index in [0.717, 1.165) is 45.1 Å². The summed E-state index contributed by atoms with van der Waals surface area (Å²) in [4.78, 5) is 12.2. The highest BCUT2D eigenvalue weighted by molar-refractivity contribution is 5.81. The molecule has 0 spiro atoms. The van der Waals surface area contributed by atoms with E-state index >= 15 is 0 Å². The SMILES string of the molecule is CCC1CCNC(C(=O)NCC2(O)CCC(C)CC2)C1. The number of hydrogen-bond acceptors (Lipinski definition) is 3. The highest BCUT2D eigenvalue weighted by atomic mass is 16.3. The molecule has 1 heterocycles. The van der Waals surface area contributed by atoms with Gasteiger partial charge in [0, 0.05) is 6.54 Å². The Hall–Kier alpha value is -0.610. The molecule has 2 unspecified atom stereocenters. The van der Waals surface area contributed by atoms with Crippen LogP contribution < -0.4 is 10.6 Å². The number of nitrogens with one attached hydrogen (secondary N) is 2. The van der Waals surface area contributed by atoms with Crippen LogP contribution in [0.1, 0.15) is 58.8 Å². The molecule has 2 aliphatic rings. The zero-order valence-corrected chi connectivity index (χ0v) is 13.0. The lowest BCUT2D eigenvalue weighted by molar-refractivity contribution is -0.125. The average molecular weight is 282 g/mol. The van der Waals surface area contributed by atoms with Gasteiger partial charge >= 0.3 is 0 Å². The van der Waals surface area contributed by atoms with Gasteiger partial charge in [0.15, 0.2) is 0 Å². The zero-order chi connectivity index (χ0) is 14.6. The Bertz CT molecular complexity index is 324. The molecule has 1 amide bonds. The molecule has 3 N–H and O–H groups in total. The predicted molar refractivity (Wildman–Crippen MR) is 80.4 cm³/mol. The van der Waals surface area contributed by atoms with Crippen molar-refractivity contribution in [2.45, 2.75) is 70.4 Å². The van der Waals surface area contributed by atoms with Crippen LogP contribution >= 0.6 is 0 Å². The van der Waals surface area contributed by atoms with Crippen molar-refractivity contribution < 1.29 is 9.90 Å². The molecule has 1 aliphatic carbocycles. The second kappa shape index (κ2) is 6.90. The second-order valence-corrected chi connectivity index (χ2v) is 6.93. The summed E-state index contributed by atoms with van der Waals surface area (Å²) in [6, 6.07) is -0.0696. The van der Waals surface area contributed by atoms with E-state index in [2.05, 4.69) is 24.5 Å². The molecule has 1 saturated carbocycles. The highest BCUT2D eigenvalue weighted by Crippen LogP contribution is 2.31. The van der Waals surface area contributed by atoms with Crippen molar-refractivity contribution >= 4 is 5.91 Å². The highest BCUT2D eigenvalue weighted by Gasteiger charge is 2.33. The van der Waals surface area contributed by atoms with Crippen LogP contribution in [-0.4, -0.2) is 35.7 Å². The molecule has 0 aromatic carbocycles. The fourth-order valence-electron chi connectivity index (χ4n) is 3.42. The van der Waals surface area contributed by atoms with Crippen LogP contribution in [0.15, 0.2) is 0 Å². The van der Waals surface area contributed by atoms with Gasteiger partial charge in [-0.2, -0.15) is 0 Å². The molecule has 2 fully saturated rings. The van der Waals surface area contributed by atoms with Crippen LogP contribution in [0.5, 0.6) is 0 Å². The summed E-state index contributed by atoms with van der Waals surface area (Å²) in [5.74, 6) is 1.43. The standard InChI is InChI=1S/C16H30N2O2/c1-3-13-6-9-17-14(10-13)15(19)18-11-16(20)7-4-12(2)5-8-16/h12-14,17,20H,3-11H2,1-2H3,(H,18,19). The minimum Gasteiger partial charge on any atom is -0.388 e. The number of rotatable bonds is 4. The lowest BCUT2D eigenvalue weighted by Crippen LogP contribution is -2.52. The Morgan fingerprint density at radius 1 is 1.35 bits per heavy atom. The topological polar surface area (TPSA) is 61.4 Å². The fourth-order valence-corrected chi connectivity index (χ4v) is 3.42. The molecule has 2 atom stereocenters. The average Bonchev–Trinajstić information content (AvgIpc) is 2.48. The molecule has 20 heavy (non-hydrogen) atoms. The van der Waals surface area contributed by atoms with Gasteiger partial charge in [-0.1, -0.05) is 20.3 Å². The van der Waals surface area contributed by atoms with E-state index in [1.54, 1.807) is 0 Å². The van der Waals surface area contributed by atoms with E-state index < -0.39 is 5.60 Å². The molecular weight excluding hydrogens is 252 g/mol. The summed E-state index contributed by atoms with van der Waals surface area (Å²) >= 11 is 0. The Morgan fingerprint density at radius 3 is 2.70 bits per heavy atom. The van der Waals surface area contributed by atoms with Crippen molar-refractivity contribution in [3.63, 3.8) is 0 Å². The minimum absolute atomic E-state index is 0.0650. The van der Waals surface area contributed by atoms with E-state index in [9.17, 15) is 9.90 Å². The lowest BCUT2D eigenvalue weighted by Gasteiger charge is -2.36. The van der Waals surface area contributed by atoms with Crippen molar-refractivity contribution in [2.24, 2.45) is 11.8 Å². The summed E-state index contributed by atoms with van der Waals surface area (Å²) in [6.45, 7) is 5.76. The molecule has 0 bridgehead atoms. The van der Waals surface area contributed by atoms with Gasteiger partial charge in [0.1, 0.15) is 0 Å². The van der Waals surface area contributed by atoms with Crippen molar-refractivity contribution in [2.75, 3.05) is 13.1 Å². The predicted octanol–water partition coefficient (Wildman–Crippen LogP) is 1.82. The summed E-state index contributed by atoms with van der Waals surface area (Å²) in [6.07, 6.45) is 6.99. The fraction of sp³-hybridized carbons (Fsp3) is 0.938. The maximum Gasteiger partial charge on any atom is 0.237 e. The van der Waals surface area contributed by atoms with Crippen LogP contribution in [0.2, 0.25) is 0 Å². The maximum atomic E-state index is 12.2. The molecule has 2 rings (SSSR count). The first-order chi connectivity index (χ1) is 9.52. The lowest BCUT2D eigenvalue weighted by atomic mass is 9.79. The van der Waals surface area contributed by atoms with Gasteiger partial charge in [-0.05, 0) is 56.9 Å². The number of carbonyl (C=O) groups is 1. The van der Waals surface area contributed by atoms with Gasteiger partial charge in [0.25, 0.3) is 0 Å². The molecular formula is C16H30N2O2. The Morgan fingerprint density at radius 2 is 2.05 bits per heavy atom. The van der Waals surface area contributed by atoms with Crippen molar-refractivity contribution in [3.8, 4) is 0 Å². The number of carbonyl (C=O) groups excluding carboxylic acids is 1. The molecule has 4 heteroatoms. The van der Waals surface area contributed by atoms with Gasteiger partial charge in [-0.15, -0.1) is 0 Å². The van der Waals surface area contributed by atoms with Crippen molar-refractivity contribution in [1.29, 1.82) is 0 Å². The van der Waals surface area contributed by atoms with Crippen LogP contribution in [-0.2, 0) is 4.79 Å². The minimum atomic E-state index is -0.680. The maximum absolute atomic E-state index is 12.2. The molecule has 4 nitrogen and oxygen atoms in total. The van der Waals surface area contributed by atoms with Gasteiger partial charge in [-0.3, -0.25) is 4.79 Å². The molecule has 116 valence electrons. The molecule has 0 radical (unpaired) electrons. The summed E-state index contributed by atoms with van der Waals surface area (Å²) in [5.41, 5.74) is -0.680. The number of hydrogen-bond donors (Lipinski definition) is 3. The molecule has 1 aliphatic heterocycles. The third-order valence-corrected chi connectivity index (χ3v) is 5.20. The monoisotopic (exact) mass is 282 g/mol. The molecule has 0 aromatic rings. The first-order valence-electron chi connectivity index (χ1n) is 8.26. The molecule has 0 aromatic heterocycles. The first-order valence-corrected chi connectivity index (χ1v) is 8.26. The normalized spacial score (nSPS) is 38.5. The quantitative estimate of drug-likeness (QED) is 0.737. The van der Waals surface area contributed by atoms with Crippen LogP contribution in [0, 0.1) is 11.8 Å². The molecule has 1 saturated heterocycles. The van der Waals surface area contributed by atoms with Gasteiger partial charge in [0.05, 0.1) is 11.6 Å². The van der Waals surface area contributed by atoms with Gasteiger partial charge in [-0.25, -0.2) is 0 Å². The first kappa shape index (κ1) is 15.8. The Labute approximate surface area is 122 Å². The number of piperidine rings is 1. The third kappa shape index (κ3) is 4.19. The van der Waals surface area contributed by atoms with E-state index in [1.807, 2.05) is 0 Å². The smallest absolute Gasteiger partial charge is 0.237 e. The zero-order valence-electron chi connectivity index (χ0n) is 13.0. The summed E-state index contributed by atoms with van der Waals surface area (Å²) in [7, 11) is 0. The van der Waals surface area contributed by atoms with E-state index in [4.69, 9.17) is 0 Å². The summed E-state index contributed by atoms with van der Waals surface area (Å²) < 4.78 is 0. The van der Waals surface area contributed by atoms with Crippen LogP contribution in [0.3, 0.4) is 0 Å². The number of aliphatic hydroxyl groups is 1. The van der Waals surface area contributed by atoms with Crippen molar-refractivity contribution in [3.05, 3.63) is 0 Å².